The summed E-state index contributed by atoms with van der Waals surface area (Å²) >= 11 is 3.41. The highest BCUT2D eigenvalue weighted by molar-refractivity contribution is 9.10. The van der Waals surface area contributed by atoms with Gasteiger partial charge in [-0.2, -0.15) is 10.2 Å². The molecule has 0 unspecified atom stereocenters. The minimum atomic E-state index is 0.581. The molecule has 0 aliphatic heterocycles. The van der Waals surface area contributed by atoms with E-state index >= 15 is 0 Å². The average molecular weight is 330 g/mol. The monoisotopic (exact) mass is 329 g/mol. The van der Waals surface area contributed by atoms with Gasteiger partial charge in [0.25, 0.3) is 0 Å². The van der Waals surface area contributed by atoms with Gasteiger partial charge in [0.1, 0.15) is 0 Å². The molecule has 100 valence electrons. The number of anilines is 1. The molecule has 0 atom stereocenters. The van der Waals surface area contributed by atoms with Gasteiger partial charge in [0.05, 0.1) is 17.4 Å². The van der Waals surface area contributed by atoms with Crippen molar-refractivity contribution in [2.75, 3.05) is 5.73 Å². The highest BCUT2D eigenvalue weighted by Crippen LogP contribution is 2.35. The highest BCUT2D eigenvalue weighted by atomic mass is 79.9. The summed E-state index contributed by atoms with van der Waals surface area (Å²) in [7, 11) is 0. The quantitative estimate of drug-likeness (QED) is 0.720. The van der Waals surface area contributed by atoms with E-state index < -0.39 is 0 Å². The number of hydrogen-bond donors (Lipinski definition) is 1. The van der Waals surface area contributed by atoms with Gasteiger partial charge in [-0.15, -0.1) is 0 Å². The van der Waals surface area contributed by atoms with E-state index in [4.69, 9.17) is 10.5 Å². The zero-order chi connectivity index (χ0) is 14.1. The largest absolute Gasteiger partial charge is 0.453 e. The lowest BCUT2D eigenvalue weighted by atomic mass is 10.2. The number of nitrogen functional groups attached to an aromatic ring is 1. The third-order valence-corrected chi connectivity index (χ3v) is 3.45. The van der Waals surface area contributed by atoms with E-state index in [0.717, 1.165) is 20.9 Å². The molecule has 0 spiro atoms. The molecule has 0 saturated carbocycles. The van der Waals surface area contributed by atoms with Crippen molar-refractivity contribution in [2.24, 2.45) is 0 Å². The summed E-state index contributed by atoms with van der Waals surface area (Å²) in [6.07, 6.45) is 1.60. The summed E-state index contributed by atoms with van der Waals surface area (Å²) in [6, 6.07) is 11.5. The molecule has 20 heavy (non-hydrogen) atoms. The maximum Gasteiger partial charge on any atom is 0.157 e. The van der Waals surface area contributed by atoms with E-state index in [1.165, 1.54) is 0 Å². The number of nitrogens with two attached hydrogens (primary N) is 1. The van der Waals surface area contributed by atoms with Gasteiger partial charge < -0.3 is 10.5 Å². The van der Waals surface area contributed by atoms with Crippen LogP contribution in [0.1, 0.15) is 5.56 Å². The van der Waals surface area contributed by atoms with Gasteiger partial charge in [-0.1, -0.05) is 28.1 Å². The summed E-state index contributed by atoms with van der Waals surface area (Å²) in [5.74, 6) is 1.29. The Morgan fingerprint density at radius 1 is 1.20 bits per heavy atom. The fourth-order valence-electron chi connectivity index (χ4n) is 2.07. The SMILES string of the molecule is Cc1cc(Br)cc(N)c1Oc1cnnc2ccccc12. The molecule has 5 heteroatoms. The van der Waals surface area contributed by atoms with Gasteiger partial charge in [0.2, 0.25) is 0 Å². The molecule has 3 rings (SSSR count). The van der Waals surface area contributed by atoms with Gasteiger partial charge in [0, 0.05) is 9.86 Å². The van der Waals surface area contributed by atoms with Crippen LogP contribution in [0.5, 0.6) is 11.5 Å². The third-order valence-electron chi connectivity index (χ3n) is 2.99. The van der Waals surface area contributed by atoms with Crippen molar-refractivity contribution in [2.45, 2.75) is 6.92 Å². The van der Waals surface area contributed by atoms with E-state index in [1.54, 1.807) is 6.20 Å². The molecule has 0 aliphatic carbocycles. The molecule has 0 saturated heterocycles. The van der Waals surface area contributed by atoms with Crippen LogP contribution in [-0.2, 0) is 0 Å². The summed E-state index contributed by atoms with van der Waals surface area (Å²) in [4.78, 5) is 0. The van der Waals surface area contributed by atoms with Crippen LogP contribution in [0.3, 0.4) is 0 Å². The number of nitrogens with zero attached hydrogens (tertiary/aromatic N) is 2. The molecule has 4 nitrogen and oxygen atoms in total. The van der Waals surface area contributed by atoms with Gasteiger partial charge in [-0.3, -0.25) is 0 Å². The maximum absolute atomic E-state index is 6.02. The second-order valence-corrected chi connectivity index (χ2v) is 5.38. The van der Waals surface area contributed by atoms with E-state index in [-0.39, 0.29) is 0 Å². The zero-order valence-corrected chi connectivity index (χ0v) is 12.4. The number of aryl methyl sites for hydroxylation is 1. The number of fused-ring (bicyclic) bond motifs is 1. The Morgan fingerprint density at radius 2 is 2.00 bits per heavy atom. The average Bonchev–Trinajstić information content (AvgIpc) is 2.43. The molecule has 0 radical (unpaired) electrons. The first-order valence-corrected chi connectivity index (χ1v) is 6.88. The summed E-state index contributed by atoms with van der Waals surface area (Å²) in [5.41, 5.74) is 8.35. The van der Waals surface area contributed by atoms with Gasteiger partial charge in [-0.25, -0.2) is 0 Å². The van der Waals surface area contributed by atoms with Crippen molar-refractivity contribution >= 4 is 32.5 Å². The van der Waals surface area contributed by atoms with E-state index in [0.29, 0.717) is 17.2 Å². The summed E-state index contributed by atoms with van der Waals surface area (Å²) < 4.78 is 6.89. The van der Waals surface area contributed by atoms with E-state index in [2.05, 4.69) is 26.1 Å². The molecule has 0 amide bonds. The second kappa shape index (κ2) is 5.09. The first kappa shape index (κ1) is 12.9. The number of aromatic nitrogens is 2. The normalized spacial score (nSPS) is 10.7. The van der Waals surface area contributed by atoms with Crippen LogP contribution >= 0.6 is 15.9 Å². The van der Waals surface area contributed by atoms with Crippen molar-refractivity contribution < 1.29 is 4.74 Å². The molecule has 1 aromatic heterocycles. The minimum absolute atomic E-state index is 0.581. The predicted octanol–water partition coefficient (Wildman–Crippen LogP) is 4.08. The molecule has 0 aliphatic rings. The summed E-state index contributed by atoms with van der Waals surface area (Å²) in [6.45, 7) is 1.95. The van der Waals surface area contributed by atoms with Crippen molar-refractivity contribution in [1.82, 2.24) is 10.2 Å². The number of rotatable bonds is 2. The Kier molecular flexibility index (Phi) is 3.28. The Bertz CT molecular complexity index is 761. The van der Waals surface area contributed by atoms with Crippen LogP contribution in [0.2, 0.25) is 0 Å². The fourth-order valence-corrected chi connectivity index (χ4v) is 2.66. The van der Waals surface area contributed by atoms with Crippen LogP contribution < -0.4 is 10.5 Å². The fraction of sp³-hybridized carbons (Fsp3) is 0.0667. The standard InChI is InChI=1S/C15H12BrN3O/c1-9-6-10(16)7-12(17)15(9)20-14-8-18-19-13-5-3-2-4-11(13)14/h2-8H,17H2,1H3. The van der Waals surface area contributed by atoms with E-state index in [9.17, 15) is 0 Å². The summed E-state index contributed by atoms with van der Waals surface area (Å²) in [5, 5.41) is 8.94. The molecular weight excluding hydrogens is 318 g/mol. The van der Waals surface area contributed by atoms with Crippen molar-refractivity contribution in [3.63, 3.8) is 0 Å². The van der Waals surface area contributed by atoms with Crippen molar-refractivity contribution in [1.29, 1.82) is 0 Å². The van der Waals surface area contributed by atoms with Crippen molar-refractivity contribution in [3.8, 4) is 11.5 Å². The molecule has 1 heterocycles. The van der Waals surface area contributed by atoms with Crippen LogP contribution in [-0.4, -0.2) is 10.2 Å². The molecule has 0 fully saturated rings. The van der Waals surface area contributed by atoms with Gasteiger partial charge in [-0.05, 0) is 36.8 Å². The number of hydrogen-bond acceptors (Lipinski definition) is 4. The zero-order valence-electron chi connectivity index (χ0n) is 10.8. The first-order chi connectivity index (χ1) is 9.65. The maximum atomic E-state index is 6.02. The number of ether oxygens (including phenoxy) is 1. The lowest BCUT2D eigenvalue weighted by molar-refractivity contribution is 0.483. The molecule has 3 aromatic rings. The first-order valence-electron chi connectivity index (χ1n) is 6.09. The van der Waals surface area contributed by atoms with Crippen LogP contribution in [0, 0.1) is 6.92 Å². The Hall–Kier alpha value is -2.14. The topological polar surface area (TPSA) is 61.0 Å². The molecular formula is C15H12BrN3O. The smallest absolute Gasteiger partial charge is 0.157 e. The van der Waals surface area contributed by atoms with Crippen molar-refractivity contribution in [3.05, 3.63) is 52.6 Å². The van der Waals surface area contributed by atoms with Crippen LogP contribution in [0.15, 0.2) is 47.1 Å². The van der Waals surface area contributed by atoms with E-state index in [1.807, 2.05) is 43.3 Å². The second-order valence-electron chi connectivity index (χ2n) is 4.47. The third kappa shape index (κ3) is 2.32. The lowest BCUT2D eigenvalue weighted by Crippen LogP contribution is -1.96. The Labute approximate surface area is 124 Å². The minimum Gasteiger partial charge on any atom is -0.453 e. The molecule has 2 aromatic carbocycles. The Morgan fingerprint density at radius 3 is 2.80 bits per heavy atom. The van der Waals surface area contributed by atoms with Gasteiger partial charge in [0.15, 0.2) is 11.5 Å². The highest BCUT2D eigenvalue weighted by Gasteiger charge is 2.10. The van der Waals surface area contributed by atoms with Crippen LogP contribution in [0.4, 0.5) is 5.69 Å². The van der Waals surface area contributed by atoms with Gasteiger partial charge >= 0.3 is 0 Å². The predicted molar refractivity (Wildman–Crippen MR) is 82.9 cm³/mol. The molecule has 2 N–H and O–H groups in total. The number of halogens is 1. The Balaban J connectivity index is 2.10. The number of benzene rings is 2. The molecule has 0 bridgehead atoms. The van der Waals surface area contributed by atoms with Crippen LogP contribution in [0.25, 0.3) is 10.9 Å². The lowest BCUT2D eigenvalue weighted by Gasteiger charge is -2.13.